The first-order chi connectivity index (χ1) is 13.0. The van der Waals surface area contributed by atoms with Crippen LogP contribution in [0.4, 0.5) is 0 Å². The molecule has 1 saturated heterocycles. The maximum atomic E-state index is 6.66. The molecule has 3 aliphatic heterocycles. The number of benzene rings is 2. The number of fused-ring (bicyclic) bond motifs is 4. The first-order valence-electron chi connectivity index (χ1n) is 9.38. The van der Waals surface area contributed by atoms with Crippen molar-refractivity contribution in [1.29, 1.82) is 0 Å². The Hall–Kier alpha value is -1.53. The summed E-state index contributed by atoms with van der Waals surface area (Å²) in [6, 6.07) is 14.5. The molecule has 140 valence electrons. The van der Waals surface area contributed by atoms with E-state index < -0.39 is 0 Å². The normalized spacial score (nSPS) is 29.5. The van der Waals surface area contributed by atoms with Gasteiger partial charge in [0.15, 0.2) is 5.72 Å². The van der Waals surface area contributed by atoms with Crippen LogP contribution in [0.25, 0.3) is 5.70 Å². The highest BCUT2D eigenvalue weighted by Crippen LogP contribution is 2.48. The lowest BCUT2D eigenvalue weighted by Gasteiger charge is -2.50. The number of nitrogens with zero attached hydrogens (tertiary/aromatic N) is 1. The number of hydrazine groups is 1. The summed E-state index contributed by atoms with van der Waals surface area (Å²) in [4.78, 5) is 1.56. The van der Waals surface area contributed by atoms with Gasteiger partial charge in [-0.3, -0.25) is 0 Å². The highest BCUT2D eigenvalue weighted by atomic mass is 79.9. The molecule has 2 N–H and O–H groups in total. The SMILES string of the molecule is C[NH+]1CCC2(CC1)Oc1ccc(Br)cc1C1C=C(c3ccc(Cl)cc3)NN12. The standard InChI is InChI=1S/C21H21BrClN3O/c1-25-10-8-21(9-11-25)26-19(17-12-15(22)4-7-20(17)27-21)13-18(24-26)14-2-5-16(23)6-3-14/h2-7,12-13,19,24H,8-11H2,1H3/p+1. The topological polar surface area (TPSA) is 28.9 Å². The quantitative estimate of drug-likeness (QED) is 0.702. The lowest BCUT2D eigenvalue weighted by molar-refractivity contribution is -0.888. The minimum absolute atomic E-state index is 0.148. The van der Waals surface area contributed by atoms with E-state index in [1.807, 2.05) is 12.1 Å². The van der Waals surface area contributed by atoms with Crippen LogP contribution in [0.2, 0.25) is 5.02 Å². The van der Waals surface area contributed by atoms with Gasteiger partial charge < -0.3 is 15.1 Å². The third-order valence-corrected chi connectivity index (χ3v) is 6.66. The molecule has 6 heteroatoms. The van der Waals surface area contributed by atoms with Crippen LogP contribution >= 0.6 is 27.5 Å². The minimum atomic E-state index is -0.310. The van der Waals surface area contributed by atoms with Crippen LogP contribution in [0, 0.1) is 0 Å². The third-order valence-electron chi connectivity index (χ3n) is 5.91. The molecule has 1 unspecified atom stereocenters. The highest BCUT2D eigenvalue weighted by molar-refractivity contribution is 9.10. The molecule has 0 amide bonds. The van der Waals surface area contributed by atoms with Gasteiger partial charge in [-0.25, -0.2) is 0 Å². The van der Waals surface area contributed by atoms with Crippen molar-refractivity contribution in [3.8, 4) is 5.75 Å². The lowest BCUT2D eigenvalue weighted by Crippen LogP contribution is -3.11. The molecule has 1 spiro atoms. The van der Waals surface area contributed by atoms with Gasteiger partial charge in [0, 0.05) is 15.1 Å². The van der Waals surface area contributed by atoms with Gasteiger partial charge >= 0.3 is 0 Å². The fourth-order valence-corrected chi connectivity index (χ4v) is 4.86. The summed E-state index contributed by atoms with van der Waals surface area (Å²) in [7, 11) is 2.26. The average Bonchev–Trinajstić information content (AvgIpc) is 3.12. The molecule has 1 atom stereocenters. The Labute approximate surface area is 172 Å². The van der Waals surface area contributed by atoms with Crippen LogP contribution in [0.15, 0.2) is 53.0 Å². The molecule has 0 aromatic heterocycles. The molecule has 2 aromatic carbocycles. The van der Waals surface area contributed by atoms with E-state index >= 15 is 0 Å². The predicted octanol–water partition coefficient (Wildman–Crippen LogP) is 3.40. The second-order valence-corrected chi connectivity index (χ2v) is 9.05. The number of halogens is 2. The summed E-state index contributed by atoms with van der Waals surface area (Å²) in [5, 5.41) is 3.08. The van der Waals surface area contributed by atoms with Gasteiger partial charge in [-0.15, -0.1) is 0 Å². The lowest BCUT2D eigenvalue weighted by atomic mass is 9.93. The molecule has 27 heavy (non-hydrogen) atoms. The van der Waals surface area contributed by atoms with Crippen molar-refractivity contribution < 1.29 is 9.64 Å². The van der Waals surface area contributed by atoms with Crippen molar-refractivity contribution in [2.45, 2.75) is 24.6 Å². The molecule has 0 bridgehead atoms. The molecule has 2 aromatic rings. The van der Waals surface area contributed by atoms with Gasteiger partial charge in [-0.2, -0.15) is 5.01 Å². The fraction of sp³-hybridized carbons (Fsp3) is 0.333. The average molecular weight is 448 g/mol. The summed E-state index contributed by atoms with van der Waals surface area (Å²) < 4.78 is 7.73. The summed E-state index contributed by atoms with van der Waals surface area (Å²) in [5.74, 6) is 0.995. The first-order valence-corrected chi connectivity index (χ1v) is 10.5. The molecule has 5 rings (SSSR count). The summed E-state index contributed by atoms with van der Waals surface area (Å²) in [6.45, 7) is 2.21. The molecule has 3 heterocycles. The van der Waals surface area contributed by atoms with Gasteiger partial charge in [-0.05, 0) is 42.0 Å². The van der Waals surface area contributed by atoms with Crippen LogP contribution in [0.5, 0.6) is 5.75 Å². The monoisotopic (exact) mass is 446 g/mol. The number of hydrogen-bond donors (Lipinski definition) is 2. The van der Waals surface area contributed by atoms with Crippen molar-refractivity contribution in [2.24, 2.45) is 0 Å². The van der Waals surface area contributed by atoms with Crippen LogP contribution in [-0.2, 0) is 0 Å². The van der Waals surface area contributed by atoms with Gasteiger partial charge in [0.25, 0.3) is 0 Å². The van der Waals surface area contributed by atoms with E-state index in [0.717, 1.165) is 52.4 Å². The zero-order chi connectivity index (χ0) is 18.6. The van der Waals surface area contributed by atoms with Crippen LogP contribution in [0.3, 0.4) is 0 Å². The number of nitrogens with one attached hydrogen (secondary N) is 2. The molecule has 0 aliphatic carbocycles. The van der Waals surface area contributed by atoms with Crippen LogP contribution in [0.1, 0.15) is 30.0 Å². The Morgan fingerprint density at radius 2 is 1.93 bits per heavy atom. The van der Waals surface area contributed by atoms with E-state index in [1.54, 1.807) is 4.90 Å². The van der Waals surface area contributed by atoms with Crippen molar-refractivity contribution in [1.82, 2.24) is 10.4 Å². The maximum Gasteiger partial charge on any atom is 0.191 e. The fourth-order valence-electron chi connectivity index (χ4n) is 4.35. The molecular formula is C21H22BrClN3O+. The van der Waals surface area contributed by atoms with Crippen molar-refractivity contribution in [2.75, 3.05) is 20.1 Å². The summed E-state index contributed by atoms with van der Waals surface area (Å²) >= 11 is 9.69. The molecular weight excluding hydrogens is 426 g/mol. The molecule has 0 radical (unpaired) electrons. The number of rotatable bonds is 1. The van der Waals surface area contributed by atoms with E-state index in [0.29, 0.717) is 0 Å². The van der Waals surface area contributed by atoms with Crippen LogP contribution in [-0.4, -0.2) is 30.9 Å². The Bertz CT molecular complexity index is 906. The smallest absolute Gasteiger partial charge is 0.191 e. The Balaban J connectivity index is 1.58. The van der Waals surface area contributed by atoms with Crippen molar-refractivity contribution in [3.05, 3.63) is 69.2 Å². The van der Waals surface area contributed by atoms with E-state index in [1.165, 1.54) is 5.56 Å². The van der Waals surface area contributed by atoms with Gasteiger partial charge in [-0.1, -0.05) is 39.7 Å². The van der Waals surface area contributed by atoms with E-state index in [-0.39, 0.29) is 11.8 Å². The van der Waals surface area contributed by atoms with Gasteiger partial charge in [0.2, 0.25) is 0 Å². The second kappa shape index (κ2) is 6.52. The largest absolute Gasteiger partial charge is 0.470 e. The highest BCUT2D eigenvalue weighted by Gasteiger charge is 2.52. The zero-order valence-corrected chi connectivity index (χ0v) is 17.5. The number of quaternary nitrogens is 1. The Morgan fingerprint density at radius 1 is 1.19 bits per heavy atom. The van der Waals surface area contributed by atoms with Gasteiger partial charge in [0.1, 0.15) is 5.75 Å². The number of ether oxygens (including phenoxy) is 1. The zero-order valence-electron chi connectivity index (χ0n) is 15.1. The Kier molecular flexibility index (Phi) is 4.24. The van der Waals surface area contributed by atoms with Crippen molar-refractivity contribution >= 4 is 33.2 Å². The second-order valence-electron chi connectivity index (χ2n) is 7.70. The molecule has 0 saturated carbocycles. The summed E-state index contributed by atoms with van der Waals surface area (Å²) in [5.41, 5.74) is 6.80. The van der Waals surface area contributed by atoms with Crippen molar-refractivity contribution in [3.63, 3.8) is 0 Å². The molecule has 1 fully saturated rings. The molecule has 4 nitrogen and oxygen atoms in total. The van der Waals surface area contributed by atoms with Gasteiger partial charge in [0.05, 0.1) is 44.7 Å². The molecule has 3 aliphatic rings. The van der Waals surface area contributed by atoms with E-state index in [2.05, 4.69) is 69.8 Å². The number of piperidine rings is 1. The third kappa shape index (κ3) is 2.97. The predicted molar refractivity (Wildman–Crippen MR) is 111 cm³/mol. The van der Waals surface area contributed by atoms with E-state index in [9.17, 15) is 0 Å². The van der Waals surface area contributed by atoms with E-state index in [4.69, 9.17) is 16.3 Å². The first kappa shape index (κ1) is 17.6. The maximum absolute atomic E-state index is 6.66. The number of likely N-dealkylation sites (tertiary alicyclic amines) is 1. The summed E-state index contributed by atoms with van der Waals surface area (Å²) in [6.07, 6.45) is 4.31. The van der Waals surface area contributed by atoms with Crippen LogP contribution < -0.4 is 15.1 Å². The minimum Gasteiger partial charge on any atom is -0.470 e. The number of hydrogen-bond acceptors (Lipinski definition) is 3. The Morgan fingerprint density at radius 3 is 2.67 bits per heavy atom.